The summed E-state index contributed by atoms with van der Waals surface area (Å²) in [5.41, 5.74) is 18.4. The Kier molecular flexibility index (Phi) is 12.9. The number of nitrogens with one attached hydrogen (secondary N) is 4. The Morgan fingerprint density at radius 3 is 2.15 bits per heavy atom. The lowest BCUT2D eigenvalue weighted by atomic mass is 10.0. The predicted octanol–water partition coefficient (Wildman–Crippen LogP) is -1.58. The lowest BCUT2D eigenvalue weighted by Gasteiger charge is -2.25. The second kappa shape index (κ2) is 16.1. The fourth-order valence-electron chi connectivity index (χ4n) is 3.95. The van der Waals surface area contributed by atoms with E-state index in [2.05, 4.69) is 38.6 Å². The van der Waals surface area contributed by atoms with E-state index < -0.39 is 60.2 Å². The van der Waals surface area contributed by atoms with Crippen molar-refractivity contribution in [1.82, 2.24) is 20.9 Å². The smallest absolute Gasteiger partial charge is 0.327 e. The Hall–Kier alpha value is -4.31. The number of carboxylic acid groups (broad SMARTS) is 2. The van der Waals surface area contributed by atoms with Gasteiger partial charge in [0.15, 0.2) is 5.96 Å². The minimum absolute atomic E-state index is 0.00688. The molecule has 0 bridgehead atoms. The monoisotopic (exact) mass is 592 g/mol. The van der Waals surface area contributed by atoms with E-state index in [0.29, 0.717) is 0 Å². The zero-order valence-corrected chi connectivity index (χ0v) is 23.1. The van der Waals surface area contributed by atoms with Crippen LogP contribution in [0.5, 0.6) is 0 Å². The van der Waals surface area contributed by atoms with E-state index in [1.165, 1.54) is 0 Å². The van der Waals surface area contributed by atoms with Crippen LogP contribution >= 0.6 is 12.6 Å². The van der Waals surface area contributed by atoms with Crippen LogP contribution in [0.2, 0.25) is 0 Å². The number of aliphatic imine (C=N–C) groups is 1. The van der Waals surface area contributed by atoms with Crippen LogP contribution in [0.25, 0.3) is 10.9 Å². The number of rotatable bonds is 17. The molecule has 1 heterocycles. The maximum absolute atomic E-state index is 13.2. The SMILES string of the molecule is NC(N)=NCCC[C@H](NC(=O)[C@H](CCC(=O)O)NC(=O)[C@@H](N)Cc1c[nH]c2ccccc12)C(=O)N[C@@H](CS)C(=O)O. The van der Waals surface area contributed by atoms with Crippen molar-refractivity contribution in [2.24, 2.45) is 22.2 Å². The molecule has 1 aromatic carbocycles. The third-order valence-electron chi connectivity index (χ3n) is 6.11. The molecule has 4 atom stereocenters. The van der Waals surface area contributed by atoms with Gasteiger partial charge in [-0.25, -0.2) is 4.79 Å². The van der Waals surface area contributed by atoms with Crippen molar-refractivity contribution in [3.63, 3.8) is 0 Å². The van der Waals surface area contributed by atoms with Crippen molar-refractivity contribution in [3.8, 4) is 0 Å². The molecule has 0 aliphatic carbocycles. The molecule has 0 spiro atoms. The zero-order chi connectivity index (χ0) is 30.5. The van der Waals surface area contributed by atoms with Crippen LogP contribution in [0.1, 0.15) is 31.2 Å². The first kappa shape index (κ1) is 32.9. The highest BCUT2D eigenvalue weighted by Crippen LogP contribution is 2.19. The Bertz CT molecular complexity index is 1260. The van der Waals surface area contributed by atoms with Crippen molar-refractivity contribution in [3.05, 3.63) is 36.0 Å². The van der Waals surface area contributed by atoms with Gasteiger partial charge in [-0.15, -0.1) is 0 Å². The molecule has 3 amide bonds. The summed E-state index contributed by atoms with van der Waals surface area (Å²) < 4.78 is 0. The highest BCUT2D eigenvalue weighted by molar-refractivity contribution is 7.80. The van der Waals surface area contributed by atoms with Crippen molar-refractivity contribution in [2.75, 3.05) is 12.3 Å². The molecular weight excluding hydrogens is 556 g/mol. The Balaban J connectivity index is 2.16. The fraction of sp³-hybridized carbons (Fsp3) is 0.440. The normalized spacial score (nSPS) is 13.8. The molecule has 41 heavy (non-hydrogen) atoms. The van der Waals surface area contributed by atoms with E-state index in [4.69, 9.17) is 22.3 Å². The van der Waals surface area contributed by atoms with Crippen LogP contribution in [0.4, 0.5) is 0 Å². The molecule has 1 aromatic heterocycles. The molecular formula is C25H36N8O7S. The molecule has 0 fully saturated rings. The number of H-pyrrole nitrogens is 1. The van der Waals surface area contributed by atoms with Crippen LogP contribution in [0, 0.1) is 0 Å². The van der Waals surface area contributed by atoms with Gasteiger partial charge in [0.2, 0.25) is 17.7 Å². The number of guanidine groups is 1. The molecule has 2 rings (SSSR count). The number of hydrogen-bond donors (Lipinski definition) is 10. The molecule has 16 heteroatoms. The first-order valence-electron chi connectivity index (χ1n) is 12.8. The lowest BCUT2D eigenvalue weighted by Crippen LogP contribution is -2.57. The van der Waals surface area contributed by atoms with Gasteiger partial charge in [0, 0.05) is 35.8 Å². The molecule has 224 valence electrons. The van der Waals surface area contributed by atoms with E-state index in [-0.39, 0.29) is 43.9 Å². The fourth-order valence-corrected chi connectivity index (χ4v) is 4.20. The van der Waals surface area contributed by atoms with E-state index >= 15 is 0 Å². The number of benzene rings is 1. The van der Waals surface area contributed by atoms with Crippen LogP contribution < -0.4 is 33.2 Å². The topological polar surface area (TPSA) is 268 Å². The third-order valence-corrected chi connectivity index (χ3v) is 6.47. The van der Waals surface area contributed by atoms with Crippen LogP contribution in [-0.4, -0.2) is 87.3 Å². The number of nitrogens with two attached hydrogens (primary N) is 3. The third kappa shape index (κ3) is 10.6. The van der Waals surface area contributed by atoms with Crippen molar-refractivity contribution >= 4 is 59.2 Å². The zero-order valence-electron chi connectivity index (χ0n) is 22.2. The number of hydrogen-bond acceptors (Lipinski definition) is 8. The number of carboxylic acids is 2. The average Bonchev–Trinajstić information content (AvgIpc) is 3.32. The summed E-state index contributed by atoms with van der Waals surface area (Å²) in [5.74, 6) is -5.27. The Labute approximate surface area is 241 Å². The number of carbonyl (C=O) groups excluding carboxylic acids is 3. The van der Waals surface area contributed by atoms with Gasteiger partial charge in [0.05, 0.1) is 6.04 Å². The summed E-state index contributed by atoms with van der Waals surface area (Å²) >= 11 is 3.92. The minimum atomic E-state index is -1.35. The first-order chi connectivity index (χ1) is 19.4. The molecule has 0 aliphatic heterocycles. The predicted molar refractivity (Wildman–Crippen MR) is 154 cm³/mol. The quantitative estimate of drug-likeness (QED) is 0.0436. The van der Waals surface area contributed by atoms with Crippen LogP contribution in [0.3, 0.4) is 0 Å². The molecule has 12 N–H and O–H groups in total. The second-order valence-electron chi connectivity index (χ2n) is 9.26. The van der Waals surface area contributed by atoms with Crippen LogP contribution in [-0.2, 0) is 30.4 Å². The van der Waals surface area contributed by atoms with Gasteiger partial charge in [-0.3, -0.25) is 24.2 Å². The van der Waals surface area contributed by atoms with Gasteiger partial charge in [0.1, 0.15) is 18.1 Å². The molecule has 0 saturated carbocycles. The number of aromatic amines is 1. The molecule has 2 aromatic rings. The number of fused-ring (bicyclic) bond motifs is 1. The van der Waals surface area contributed by atoms with E-state index in [0.717, 1.165) is 16.5 Å². The van der Waals surface area contributed by atoms with Gasteiger partial charge < -0.3 is 48.3 Å². The average molecular weight is 593 g/mol. The number of aromatic nitrogens is 1. The molecule has 0 unspecified atom stereocenters. The number of para-hydroxylation sites is 1. The molecule has 0 saturated heterocycles. The number of aliphatic carboxylic acids is 2. The summed E-state index contributed by atoms with van der Waals surface area (Å²) in [4.78, 5) is 68.5. The molecule has 0 radical (unpaired) electrons. The molecule has 0 aliphatic rings. The standard InChI is InChI=1S/C25H36N8O7S/c26-15(10-13-11-30-16-5-2-1-4-14(13)16)21(36)31-18(7-8-20(34)35)23(38)32-17(6-3-9-29-25(27)28)22(37)33-19(12-41)24(39)40/h1-2,4-5,11,15,17-19,30,41H,3,6-10,12,26H2,(H,31,36)(H,32,38)(H,33,37)(H,34,35)(H,39,40)(H4,27,28,29)/t15-,17-,18-,19-/m0/s1. The number of nitrogens with zero attached hydrogens (tertiary/aromatic N) is 1. The van der Waals surface area contributed by atoms with E-state index in [9.17, 15) is 29.1 Å². The minimum Gasteiger partial charge on any atom is -0.481 e. The summed E-state index contributed by atoms with van der Waals surface area (Å²) in [6.07, 6.45) is 1.36. The van der Waals surface area contributed by atoms with Gasteiger partial charge >= 0.3 is 11.9 Å². The summed E-state index contributed by atoms with van der Waals surface area (Å²) in [5, 5.41) is 26.6. The van der Waals surface area contributed by atoms with Crippen molar-refractivity contribution in [2.45, 2.75) is 56.3 Å². The molecule has 15 nitrogen and oxygen atoms in total. The van der Waals surface area contributed by atoms with Gasteiger partial charge in [-0.05, 0) is 37.3 Å². The summed E-state index contributed by atoms with van der Waals surface area (Å²) in [7, 11) is 0. The first-order valence-corrected chi connectivity index (χ1v) is 13.4. The van der Waals surface area contributed by atoms with Crippen molar-refractivity contribution < 1.29 is 34.2 Å². The summed E-state index contributed by atoms with van der Waals surface area (Å²) in [6.45, 7) is 0.124. The van der Waals surface area contributed by atoms with Gasteiger partial charge in [-0.2, -0.15) is 12.6 Å². The largest absolute Gasteiger partial charge is 0.481 e. The highest BCUT2D eigenvalue weighted by Gasteiger charge is 2.30. The van der Waals surface area contributed by atoms with E-state index in [1.54, 1.807) is 6.20 Å². The highest BCUT2D eigenvalue weighted by atomic mass is 32.1. The maximum Gasteiger partial charge on any atom is 0.327 e. The number of carbonyl (C=O) groups is 5. The Morgan fingerprint density at radius 1 is 0.927 bits per heavy atom. The lowest BCUT2D eigenvalue weighted by molar-refractivity contribution is -0.141. The Morgan fingerprint density at radius 2 is 1.54 bits per heavy atom. The van der Waals surface area contributed by atoms with Crippen LogP contribution in [0.15, 0.2) is 35.5 Å². The van der Waals surface area contributed by atoms with Crippen molar-refractivity contribution in [1.29, 1.82) is 0 Å². The second-order valence-corrected chi connectivity index (χ2v) is 9.62. The van der Waals surface area contributed by atoms with E-state index in [1.807, 2.05) is 24.3 Å². The van der Waals surface area contributed by atoms with Gasteiger partial charge in [-0.1, -0.05) is 18.2 Å². The number of amides is 3. The number of thiol groups is 1. The summed E-state index contributed by atoms with van der Waals surface area (Å²) in [6, 6.07) is 2.45. The maximum atomic E-state index is 13.2. The van der Waals surface area contributed by atoms with Gasteiger partial charge in [0.25, 0.3) is 0 Å².